The molecule has 0 aliphatic carbocycles. The Kier molecular flexibility index (Phi) is 7.43. The van der Waals surface area contributed by atoms with Crippen molar-refractivity contribution in [3.8, 4) is 5.75 Å². The number of esters is 1. The van der Waals surface area contributed by atoms with Gasteiger partial charge in [-0.05, 0) is 52.6 Å². The minimum Gasteiger partial charge on any atom is -0.495 e. The van der Waals surface area contributed by atoms with Gasteiger partial charge >= 0.3 is 5.97 Å². The molecule has 2 aromatic rings. The van der Waals surface area contributed by atoms with Crippen molar-refractivity contribution in [3.63, 3.8) is 0 Å². The molecule has 0 atom stereocenters. The number of carbonyl (C=O) groups is 2. The molecule has 0 fully saturated rings. The van der Waals surface area contributed by atoms with Crippen LogP contribution in [0.4, 0.5) is 5.69 Å². The summed E-state index contributed by atoms with van der Waals surface area (Å²) in [6.07, 6.45) is 0. The molecule has 2 rings (SSSR count). The third-order valence-corrected chi connectivity index (χ3v) is 5.40. The fourth-order valence-electron chi connectivity index (χ4n) is 2.94. The molecule has 0 saturated heterocycles. The SMILES string of the molecule is COc1cc(Cl)c(C)cc1NC(=O)COC(=O)c1cc(C(C)(C)C)cc(C(C)(C)C)c1. The van der Waals surface area contributed by atoms with Gasteiger partial charge in [-0.3, -0.25) is 4.79 Å². The zero-order valence-electron chi connectivity index (χ0n) is 19.6. The van der Waals surface area contributed by atoms with Crippen LogP contribution in [0, 0.1) is 6.92 Å². The summed E-state index contributed by atoms with van der Waals surface area (Å²) in [6.45, 7) is 14.0. The van der Waals surface area contributed by atoms with Crippen LogP contribution in [-0.4, -0.2) is 25.6 Å². The number of ether oxygens (including phenoxy) is 2. The second-order valence-electron chi connectivity index (χ2n) is 9.73. The Bertz CT molecular complexity index is 952. The van der Waals surface area contributed by atoms with Gasteiger partial charge in [-0.15, -0.1) is 0 Å². The smallest absolute Gasteiger partial charge is 0.338 e. The summed E-state index contributed by atoms with van der Waals surface area (Å²) >= 11 is 6.10. The lowest BCUT2D eigenvalue weighted by atomic mass is 9.79. The number of carbonyl (C=O) groups excluding carboxylic acids is 2. The molecule has 0 heterocycles. The van der Waals surface area contributed by atoms with Crippen molar-refractivity contribution >= 4 is 29.2 Å². The van der Waals surface area contributed by atoms with Crippen LogP contribution in [0.15, 0.2) is 30.3 Å². The molecule has 0 aliphatic rings. The Morgan fingerprint density at radius 2 is 1.48 bits per heavy atom. The molecule has 1 amide bonds. The summed E-state index contributed by atoms with van der Waals surface area (Å²) in [6, 6.07) is 9.13. The van der Waals surface area contributed by atoms with E-state index in [0.717, 1.165) is 16.7 Å². The van der Waals surface area contributed by atoms with Crippen molar-refractivity contribution in [1.82, 2.24) is 0 Å². The Labute approximate surface area is 190 Å². The number of amides is 1. The van der Waals surface area contributed by atoms with Gasteiger partial charge in [0.2, 0.25) is 0 Å². The minimum atomic E-state index is -0.536. The lowest BCUT2D eigenvalue weighted by Crippen LogP contribution is -2.22. The highest BCUT2D eigenvalue weighted by Gasteiger charge is 2.23. The first-order valence-corrected chi connectivity index (χ1v) is 10.6. The molecule has 31 heavy (non-hydrogen) atoms. The molecular formula is C25H32ClNO4. The van der Waals surface area contributed by atoms with Crippen LogP contribution in [0.2, 0.25) is 5.02 Å². The van der Waals surface area contributed by atoms with Crippen LogP contribution >= 0.6 is 11.6 Å². The van der Waals surface area contributed by atoms with Crippen LogP contribution in [0.5, 0.6) is 5.75 Å². The normalized spacial score (nSPS) is 11.8. The Morgan fingerprint density at radius 3 is 1.97 bits per heavy atom. The number of nitrogens with one attached hydrogen (secondary N) is 1. The van der Waals surface area contributed by atoms with Crippen LogP contribution in [0.1, 0.15) is 68.6 Å². The van der Waals surface area contributed by atoms with E-state index >= 15 is 0 Å². The van der Waals surface area contributed by atoms with Gasteiger partial charge in [0.1, 0.15) is 5.75 Å². The molecular weight excluding hydrogens is 414 g/mol. The van der Waals surface area contributed by atoms with Crippen molar-refractivity contribution in [3.05, 3.63) is 57.6 Å². The van der Waals surface area contributed by atoms with Crippen molar-refractivity contribution in [2.24, 2.45) is 0 Å². The van der Waals surface area contributed by atoms with E-state index in [1.165, 1.54) is 7.11 Å². The zero-order valence-corrected chi connectivity index (χ0v) is 20.4. The average Bonchev–Trinajstić information content (AvgIpc) is 2.67. The van der Waals surface area contributed by atoms with Gasteiger partial charge in [-0.2, -0.15) is 0 Å². The molecule has 168 valence electrons. The number of aryl methyl sites for hydroxylation is 1. The van der Waals surface area contributed by atoms with Gasteiger partial charge in [0.15, 0.2) is 6.61 Å². The van der Waals surface area contributed by atoms with Crippen molar-refractivity contribution in [2.75, 3.05) is 19.0 Å². The Balaban J connectivity index is 2.17. The van der Waals surface area contributed by atoms with Gasteiger partial charge in [0.05, 0.1) is 18.4 Å². The van der Waals surface area contributed by atoms with Gasteiger partial charge in [-0.25, -0.2) is 4.79 Å². The summed E-state index contributed by atoms with van der Waals surface area (Å²) in [5, 5.41) is 3.24. The molecule has 5 nitrogen and oxygen atoms in total. The summed E-state index contributed by atoms with van der Waals surface area (Å²) in [5.41, 5.74) is 3.52. The molecule has 2 aromatic carbocycles. The average molecular weight is 446 g/mol. The lowest BCUT2D eigenvalue weighted by molar-refractivity contribution is -0.119. The molecule has 1 N–H and O–H groups in total. The van der Waals surface area contributed by atoms with E-state index in [-0.39, 0.29) is 10.8 Å². The van der Waals surface area contributed by atoms with E-state index in [1.54, 1.807) is 12.1 Å². The molecule has 0 aromatic heterocycles. The maximum absolute atomic E-state index is 12.7. The van der Waals surface area contributed by atoms with E-state index < -0.39 is 18.5 Å². The number of rotatable bonds is 5. The highest BCUT2D eigenvalue weighted by molar-refractivity contribution is 6.31. The standard InChI is InChI=1S/C25H32ClNO4/c1-15-9-20(21(30-8)13-19(15)26)27-22(28)14-31-23(29)16-10-17(24(2,3)4)12-18(11-16)25(5,6)7/h9-13H,14H2,1-8H3,(H,27,28). The molecule has 0 aliphatic heterocycles. The van der Waals surface area contributed by atoms with Gasteiger partial charge in [0, 0.05) is 11.1 Å². The predicted molar refractivity (Wildman–Crippen MR) is 125 cm³/mol. The number of hydrogen-bond acceptors (Lipinski definition) is 4. The fourth-order valence-corrected chi connectivity index (χ4v) is 3.10. The third-order valence-electron chi connectivity index (χ3n) is 4.99. The van der Waals surface area contributed by atoms with Crippen LogP contribution in [0.3, 0.4) is 0 Å². The third kappa shape index (κ3) is 6.47. The minimum absolute atomic E-state index is 0.128. The lowest BCUT2D eigenvalue weighted by Gasteiger charge is -2.25. The van der Waals surface area contributed by atoms with Crippen LogP contribution < -0.4 is 10.1 Å². The topological polar surface area (TPSA) is 64.6 Å². The van der Waals surface area contributed by atoms with Gasteiger partial charge < -0.3 is 14.8 Å². The maximum atomic E-state index is 12.7. The first kappa shape index (κ1) is 24.7. The van der Waals surface area contributed by atoms with E-state index in [4.69, 9.17) is 21.1 Å². The largest absolute Gasteiger partial charge is 0.495 e. The monoisotopic (exact) mass is 445 g/mol. The number of benzene rings is 2. The van der Waals surface area contributed by atoms with Gasteiger partial charge in [0.25, 0.3) is 5.91 Å². The summed E-state index contributed by atoms with van der Waals surface area (Å²) < 4.78 is 10.6. The molecule has 0 bridgehead atoms. The second kappa shape index (κ2) is 9.31. The quantitative estimate of drug-likeness (QED) is 0.569. The second-order valence-corrected chi connectivity index (χ2v) is 10.1. The van der Waals surface area contributed by atoms with Crippen LogP contribution in [-0.2, 0) is 20.4 Å². The Morgan fingerprint density at radius 1 is 0.935 bits per heavy atom. The van der Waals surface area contributed by atoms with Gasteiger partial charge in [-0.1, -0.05) is 59.2 Å². The molecule has 0 spiro atoms. The number of anilines is 1. The van der Waals surface area contributed by atoms with E-state index in [0.29, 0.717) is 22.0 Å². The highest BCUT2D eigenvalue weighted by atomic mass is 35.5. The molecule has 6 heteroatoms. The fraction of sp³-hybridized carbons (Fsp3) is 0.440. The van der Waals surface area contributed by atoms with Crippen molar-refractivity contribution < 1.29 is 19.1 Å². The zero-order chi connectivity index (χ0) is 23.6. The van der Waals surface area contributed by atoms with Crippen molar-refractivity contribution in [1.29, 1.82) is 0 Å². The number of hydrogen-bond donors (Lipinski definition) is 1. The maximum Gasteiger partial charge on any atom is 0.338 e. The van der Waals surface area contributed by atoms with E-state index in [9.17, 15) is 9.59 Å². The number of halogens is 1. The summed E-state index contributed by atoms with van der Waals surface area (Å²) in [4.78, 5) is 25.1. The highest BCUT2D eigenvalue weighted by Crippen LogP contribution is 2.32. The first-order valence-electron chi connectivity index (χ1n) is 10.2. The predicted octanol–water partition coefficient (Wildman–Crippen LogP) is 6.05. The van der Waals surface area contributed by atoms with E-state index in [2.05, 4.69) is 52.9 Å². The molecule has 0 saturated carbocycles. The molecule has 0 radical (unpaired) electrons. The Hall–Kier alpha value is -2.53. The summed E-state index contributed by atoms with van der Waals surface area (Å²) in [7, 11) is 1.49. The number of methoxy groups -OCH3 is 1. The van der Waals surface area contributed by atoms with E-state index in [1.807, 2.05) is 19.1 Å². The molecule has 0 unspecified atom stereocenters. The first-order chi connectivity index (χ1) is 14.2. The summed E-state index contributed by atoms with van der Waals surface area (Å²) in [5.74, 6) is -0.564. The van der Waals surface area contributed by atoms with Crippen LogP contribution in [0.25, 0.3) is 0 Å². The van der Waals surface area contributed by atoms with Crippen molar-refractivity contribution in [2.45, 2.75) is 59.3 Å².